The summed E-state index contributed by atoms with van der Waals surface area (Å²) in [6, 6.07) is 0. The van der Waals surface area contributed by atoms with Gasteiger partial charge in [0.05, 0.1) is 0 Å². The number of ether oxygens (including phenoxy) is 3. The zero-order chi connectivity index (χ0) is 32.7. The Morgan fingerprint density at radius 3 is 1.30 bits per heavy atom. The van der Waals surface area contributed by atoms with Gasteiger partial charge in [-0.25, -0.2) is 0 Å². The zero-order valence-corrected chi connectivity index (χ0v) is 29.8. The molecule has 0 spiro atoms. The van der Waals surface area contributed by atoms with Gasteiger partial charge in [-0.2, -0.15) is 0 Å². The first-order valence-electron chi connectivity index (χ1n) is 18.8. The van der Waals surface area contributed by atoms with Gasteiger partial charge in [-0.1, -0.05) is 157 Å². The Hall–Kier alpha value is -1.59. The molecule has 0 rings (SSSR count). The first kappa shape index (κ1) is 42.4. The van der Waals surface area contributed by atoms with Crippen LogP contribution in [0.15, 0.2) is 0 Å². The van der Waals surface area contributed by atoms with Crippen molar-refractivity contribution in [3.8, 4) is 0 Å². The van der Waals surface area contributed by atoms with Gasteiger partial charge >= 0.3 is 17.9 Å². The maximum atomic E-state index is 12.4. The molecular weight excluding hydrogens is 552 g/mol. The van der Waals surface area contributed by atoms with Crippen LogP contribution in [0, 0.1) is 11.8 Å². The molecule has 0 N–H and O–H groups in total. The first-order chi connectivity index (χ1) is 21.3. The number of esters is 3. The van der Waals surface area contributed by atoms with Crippen molar-refractivity contribution in [3.63, 3.8) is 0 Å². The van der Waals surface area contributed by atoms with E-state index >= 15 is 0 Å². The third-order valence-electron chi connectivity index (χ3n) is 8.58. The summed E-state index contributed by atoms with van der Waals surface area (Å²) in [5, 5.41) is 0. The van der Waals surface area contributed by atoms with Gasteiger partial charge in [0.15, 0.2) is 6.10 Å². The maximum absolute atomic E-state index is 12.4. The lowest BCUT2D eigenvalue weighted by atomic mass is 10.00. The van der Waals surface area contributed by atoms with Crippen molar-refractivity contribution < 1.29 is 28.6 Å². The number of hydrogen-bond acceptors (Lipinski definition) is 6. The second kappa shape index (κ2) is 31.4. The first-order valence-corrected chi connectivity index (χ1v) is 18.8. The number of hydrogen-bond donors (Lipinski definition) is 0. The maximum Gasteiger partial charge on any atom is 0.306 e. The average Bonchev–Trinajstić information content (AvgIpc) is 3.00. The molecule has 0 saturated carbocycles. The van der Waals surface area contributed by atoms with Crippen LogP contribution in [0.2, 0.25) is 0 Å². The minimum absolute atomic E-state index is 0.0687. The van der Waals surface area contributed by atoms with Crippen molar-refractivity contribution in [2.45, 2.75) is 201 Å². The SMILES string of the molecule is CCCCCCCC(=O)O[C@@H](COC(=O)CCCCCCCCCCC(C)C)COC(=O)CCCCCCCCC(C)CC. The molecule has 0 aromatic rings. The summed E-state index contributed by atoms with van der Waals surface area (Å²) in [7, 11) is 0. The Bertz CT molecular complexity index is 676. The van der Waals surface area contributed by atoms with Crippen LogP contribution in [-0.4, -0.2) is 37.2 Å². The molecule has 6 nitrogen and oxygen atoms in total. The predicted octanol–water partition coefficient (Wildman–Crippen LogP) is 11.1. The van der Waals surface area contributed by atoms with Crippen molar-refractivity contribution >= 4 is 17.9 Å². The standard InChI is InChI=1S/C38H72O6/c1-6-8-9-16-25-30-38(41)44-35(32-43-37(40)29-24-20-15-14-18-22-27-34(5)7-2)31-42-36(39)28-23-19-13-11-10-12-17-21-26-33(3)4/h33-35H,6-32H2,1-5H3/t34?,35-/m0/s1. The smallest absolute Gasteiger partial charge is 0.306 e. The third-order valence-corrected chi connectivity index (χ3v) is 8.58. The topological polar surface area (TPSA) is 78.9 Å². The molecule has 6 heteroatoms. The van der Waals surface area contributed by atoms with E-state index in [1.807, 2.05) is 0 Å². The third kappa shape index (κ3) is 30.4. The second-order valence-electron chi connectivity index (χ2n) is 13.6. The molecule has 2 atom stereocenters. The van der Waals surface area contributed by atoms with Gasteiger partial charge < -0.3 is 14.2 Å². The number of carbonyl (C=O) groups is 3. The highest BCUT2D eigenvalue weighted by Crippen LogP contribution is 2.16. The average molecular weight is 625 g/mol. The normalized spacial score (nSPS) is 12.7. The molecule has 0 saturated heterocycles. The minimum atomic E-state index is -0.757. The molecule has 0 aromatic heterocycles. The molecule has 260 valence electrons. The Balaban J connectivity index is 4.27. The Morgan fingerprint density at radius 1 is 0.477 bits per heavy atom. The molecule has 0 aliphatic carbocycles. The van der Waals surface area contributed by atoms with Crippen LogP contribution in [0.3, 0.4) is 0 Å². The summed E-state index contributed by atoms with van der Waals surface area (Å²) in [4.78, 5) is 37.1. The highest BCUT2D eigenvalue weighted by Gasteiger charge is 2.19. The lowest BCUT2D eigenvalue weighted by Gasteiger charge is -2.18. The van der Waals surface area contributed by atoms with Crippen LogP contribution < -0.4 is 0 Å². The van der Waals surface area contributed by atoms with Crippen molar-refractivity contribution in [3.05, 3.63) is 0 Å². The summed E-state index contributed by atoms with van der Waals surface area (Å²) in [6.45, 7) is 11.1. The molecule has 0 heterocycles. The van der Waals surface area contributed by atoms with Crippen molar-refractivity contribution in [1.82, 2.24) is 0 Å². The van der Waals surface area contributed by atoms with E-state index in [2.05, 4.69) is 34.6 Å². The van der Waals surface area contributed by atoms with Crippen molar-refractivity contribution in [2.75, 3.05) is 13.2 Å². The number of carbonyl (C=O) groups excluding carboxylic acids is 3. The van der Waals surface area contributed by atoms with E-state index in [-0.39, 0.29) is 31.1 Å². The van der Waals surface area contributed by atoms with Gasteiger partial charge in [0.2, 0.25) is 0 Å². The van der Waals surface area contributed by atoms with Gasteiger partial charge in [0, 0.05) is 19.3 Å². The van der Waals surface area contributed by atoms with Gasteiger partial charge in [-0.15, -0.1) is 0 Å². The molecule has 44 heavy (non-hydrogen) atoms. The van der Waals surface area contributed by atoms with Crippen LogP contribution in [0.5, 0.6) is 0 Å². The van der Waals surface area contributed by atoms with E-state index in [0.717, 1.165) is 76.0 Å². The van der Waals surface area contributed by atoms with Crippen LogP contribution >= 0.6 is 0 Å². The number of rotatable bonds is 32. The van der Waals surface area contributed by atoms with Gasteiger partial charge in [-0.05, 0) is 31.1 Å². The molecule has 1 unspecified atom stereocenters. The summed E-state index contributed by atoms with van der Waals surface area (Å²) in [5.74, 6) is 0.724. The van der Waals surface area contributed by atoms with Crippen LogP contribution in [0.4, 0.5) is 0 Å². The van der Waals surface area contributed by atoms with E-state index in [0.29, 0.717) is 19.3 Å². The van der Waals surface area contributed by atoms with Crippen molar-refractivity contribution in [1.29, 1.82) is 0 Å². The Morgan fingerprint density at radius 2 is 0.864 bits per heavy atom. The molecule has 0 amide bonds. The van der Waals surface area contributed by atoms with E-state index < -0.39 is 6.10 Å². The summed E-state index contributed by atoms with van der Waals surface area (Å²) < 4.78 is 16.5. The van der Waals surface area contributed by atoms with Crippen molar-refractivity contribution in [2.24, 2.45) is 11.8 Å². The van der Waals surface area contributed by atoms with E-state index in [4.69, 9.17) is 14.2 Å². The molecule has 0 aromatic carbocycles. The fourth-order valence-corrected chi connectivity index (χ4v) is 5.31. The summed E-state index contributed by atoms with van der Waals surface area (Å²) in [6.07, 6.45) is 25.5. The monoisotopic (exact) mass is 625 g/mol. The summed E-state index contributed by atoms with van der Waals surface area (Å²) >= 11 is 0. The molecule has 0 radical (unpaired) electrons. The lowest BCUT2D eigenvalue weighted by Crippen LogP contribution is -2.30. The molecule has 0 aliphatic heterocycles. The van der Waals surface area contributed by atoms with Gasteiger partial charge in [0.25, 0.3) is 0 Å². The highest BCUT2D eigenvalue weighted by molar-refractivity contribution is 5.71. The fraction of sp³-hybridized carbons (Fsp3) is 0.921. The quantitative estimate of drug-likeness (QED) is 0.0421. The second-order valence-corrected chi connectivity index (χ2v) is 13.6. The largest absolute Gasteiger partial charge is 0.462 e. The van der Waals surface area contributed by atoms with Crippen LogP contribution in [0.1, 0.15) is 195 Å². The zero-order valence-electron chi connectivity index (χ0n) is 29.8. The molecule has 0 bridgehead atoms. The van der Waals surface area contributed by atoms with Gasteiger partial charge in [0.1, 0.15) is 13.2 Å². The molecule has 0 aliphatic rings. The minimum Gasteiger partial charge on any atom is -0.462 e. The Labute approximate surface area is 272 Å². The van der Waals surface area contributed by atoms with E-state index in [1.54, 1.807) is 0 Å². The van der Waals surface area contributed by atoms with Crippen LogP contribution in [0.25, 0.3) is 0 Å². The Kier molecular flexibility index (Phi) is 30.3. The molecular formula is C38H72O6. The highest BCUT2D eigenvalue weighted by atomic mass is 16.6. The van der Waals surface area contributed by atoms with Gasteiger partial charge in [-0.3, -0.25) is 14.4 Å². The number of unbranched alkanes of at least 4 members (excludes halogenated alkanes) is 16. The van der Waals surface area contributed by atoms with Crippen LogP contribution in [-0.2, 0) is 28.6 Å². The van der Waals surface area contributed by atoms with E-state index in [1.165, 1.54) is 77.0 Å². The fourth-order valence-electron chi connectivity index (χ4n) is 5.31. The predicted molar refractivity (Wildman–Crippen MR) is 183 cm³/mol. The summed E-state index contributed by atoms with van der Waals surface area (Å²) in [5.41, 5.74) is 0. The lowest BCUT2D eigenvalue weighted by molar-refractivity contribution is -0.167. The van der Waals surface area contributed by atoms with E-state index in [9.17, 15) is 14.4 Å². The molecule has 0 fully saturated rings.